The minimum absolute atomic E-state index is 2.18. The number of rotatable bonds is 1. The first kappa shape index (κ1) is 0.934. The van der Waals surface area contributed by atoms with Crippen molar-refractivity contribution in [1.29, 1.82) is 0 Å². The third-order valence-electron chi connectivity index (χ3n) is 0.0357. The quantitative estimate of drug-likeness (QED) is 0.470. The number of halogens is 2. The van der Waals surface area contributed by atoms with Crippen LogP contribution in [0, 0.1) is 0 Å². The molecule has 0 nitrogen and oxygen atoms in total. The van der Waals surface area contributed by atoms with E-state index in [0.717, 1.165) is 0 Å². The molecule has 0 aromatic heterocycles. The van der Waals surface area contributed by atoms with Gasteiger partial charge >= 0.3 is 0 Å². The summed E-state index contributed by atoms with van der Waals surface area (Å²) in [6.45, 7) is -3.31. The van der Waals surface area contributed by atoms with Crippen LogP contribution in [0.25, 0.3) is 0 Å². The maximum Gasteiger partial charge on any atom is 0.0991 e. The minimum Gasteiger partial charge on any atom is -0.250 e. The highest BCUT2D eigenvalue weighted by Gasteiger charge is 1.63. The SMILES string of the molecule is [2H]C([2H])([18F])C([2H])([2H])Br. The number of hydrogen-bond acceptors (Lipinski definition) is 0. The zero-order valence-electron chi connectivity index (χ0n) is 5.76. The molecular formula is C2H4BrF. The molecule has 0 aliphatic carbocycles. The summed E-state index contributed by atoms with van der Waals surface area (Å²) in [6, 6.07) is 0. The minimum atomic E-state index is -3.31. The Bertz CT molecular complexity index is 69.0. The molecule has 0 amide bonds. The summed E-state index contributed by atoms with van der Waals surface area (Å²) in [7, 11) is 0. The summed E-state index contributed by atoms with van der Waals surface area (Å²) in [4.78, 5) is 0. The van der Waals surface area contributed by atoms with Crippen molar-refractivity contribution in [1.82, 2.24) is 0 Å². The van der Waals surface area contributed by atoms with Crippen molar-refractivity contribution >= 4 is 15.9 Å². The third-order valence-corrected chi connectivity index (χ3v) is 0.186. The molecule has 0 radical (unpaired) electrons. The van der Waals surface area contributed by atoms with E-state index in [1.807, 2.05) is 0 Å². The molecule has 0 heterocycles. The van der Waals surface area contributed by atoms with Crippen LogP contribution in [0.2, 0.25) is 0 Å². The summed E-state index contributed by atoms with van der Waals surface area (Å²) >= 11 is 2.18. The van der Waals surface area contributed by atoms with Gasteiger partial charge in [-0.3, -0.25) is 4.39 Å². The van der Waals surface area contributed by atoms with E-state index in [1.54, 1.807) is 0 Å². The molecule has 0 aromatic rings. The van der Waals surface area contributed by atoms with E-state index < -0.39 is 11.9 Å². The molecule has 2 heteroatoms. The van der Waals surface area contributed by atoms with Crippen LogP contribution in [0.3, 0.4) is 0 Å². The number of hydrogen-bond donors (Lipinski definition) is 0. The lowest BCUT2D eigenvalue weighted by Gasteiger charge is -1.62. The molecule has 0 saturated heterocycles. The second-order valence-corrected chi connectivity index (χ2v) is 0.585. The predicted molar refractivity (Wildman–Crippen MR) is 19.8 cm³/mol. The van der Waals surface area contributed by atoms with Gasteiger partial charge in [-0.2, -0.15) is 0 Å². The van der Waals surface area contributed by atoms with Crippen LogP contribution in [0.5, 0.6) is 0 Å². The topological polar surface area (TPSA) is 0 Å². The Hall–Kier alpha value is 0.410. The lowest BCUT2D eigenvalue weighted by atomic mass is 10.9. The highest BCUT2D eigenvalue weighted by molar-refractivity contribution is 9.09. The van der Waals surface area contributed by atoms with E-state index in [1.165, 1.54) is 0 Å². The van der Waals surface area contributed by atoms with Crippen LogP contribution < -0.4 is 0 Å². The highest BCUT2D eigenvalue weighted by atomic mass is 79.9. The molecule has 0 rings (SSSR count). The molecule has 0 saturated carbocycles. The van der Waals surface area contributed by atoms with Gasteiger partial charge < -0.3 is 0 Å². The van der Waals surface area contributed by atoms with Gasteiger partial charge in [-0.15, -0.1) is 0 Å². The first-order valence-corrected chi connectivity index (χ1v) is 1.42. The highest BCUT2D eigenvalue weighted by Crippen LogP contribution is 1.75. The lowest BCUT2D eigenvalue weighted by Crippen LogP contribution is -1.65. The first-order chi connectivity index (χ1) is 3.25. The summed E-state index contributed by atoms with van der Waals surface area (Å²) in [6.07, 6.45) is 0. The molecule has 0 spiro atoms. The second-order valence-electron chi connectivity index (χ2n) is 0.189. The Morgan fingerprint density at radius 2 is 2.50 bits per heavy atom. The molecule has 0 atom stereocenters. The third kappa shape index (κ3) is 2.41. The average Bonchev–Trinajstić information content (AvgIpc) is 1.25. The van der Waals surface area contributed by atoms with E-state index in [-0.39, 0.29) is 0 Å². The molecule has 0 fully saturated rings. The average molecular weight is 130 g/mol. The van der Waals surface area contributed by atoms with Crippen LogP contribution in [0.15, 0.2) is 0 Å². The van der Waals surface area contributed by atoms with Gasteiger partial charge in [0.25, 0.3) is 0 Å². The van der Waals surface area contributed by atoms with Crippen molar-refractivity contribution in [2.75, 3.05) is 11.9 Å². The van der Waals surface area contributed by atoms with Crippen LogP contribution in [0.4, 0.5) is 4.39 Å². The molecule has 0 unspecified atom stereocenters. The van der Waals surface area contributed by atoms with Gasteiger partial charge in [-0.1, -0.05) is 15.9 Å². The van der Waals surface area contributed by atoms with E-state index in [0.29, 0.717) is 0 Å². The van der Waals surface area contributed by atoms with Gasteiger partial charge in [0.2, 0.25) is 0 Å². The molecule has 0 aliphatic rings. The first-order valence-electron chi connectivity index (χ1n) is 2.63. The van der Waals surface area contributed by atoms with Gasteiger partial charge in [-0.25, -0.2) is 0 Å². The molecule has 0 aromatic carbocycles. The van der Waals surface area contributed by atoms with Crippen LogP contribution in [-0.2, 0) is 0 Å². The molecular weight excluding hydrogens is 122 g/mol. The molecule has 0 bridgehead atoms. The van der Waals surface area contributed by atoms with Crippen molar-refractivity contribution in [2.24, 2.45) is 0 Å². The smallest absolute Gasteiger partial charge is 0.0991 e. The summed E-state index contributed by atoms with van der Waals surface area (Å²) in [5, 5.41) is -2.58. The van der Waals surface area contributed by atoms with E-state index in [4.69, 9.17) is 5.48 Å². The summed E-state index contributed by atoms with van der Waals surface area (Å²) in [5.74, 6) is 0. The van der Waals surface area contributed by atoms with E-state index >= 15 is 0 Å². The van der Waals surface area contributed by atoms with E-state index in [2.05, 4.69) is 15.9 Å². The second kappa shape index (κ2) is 3.41. The summed E-state index contributed by atoms with van der Waals surface area (Å²) < 4.78 is 37.0. The maximum atomic E-state index is 11.8. The molecule has 4 heavy (non-hydrogen) atoms. The number of alkyl halides is 2. The normalized spacial score (nSPS) is 29.5. The van der Waals surface area contributed by atoms with Gasteiger partial charge in [0, 0.05) is 8.02 Å². The van der Waals surface area contributed by atoms with Crippen LogP contribution in [0.1, 0.15) is 5.48 Å². The van der Waals surface area contributed by atoms with Gasteiger partial charge in [0.1, 0.15) is 0 Å². The molecule has 26 valence electrons. The molecule has 0 aliphatic heterocycles. The Morgan fingerprint density at radius 1 is 2.25 bits per heavy atom. The Labute approximate surface area is 38.8 Å². The van der Waals surface area contributed by atoms with Gasteiger partial charge in [0.05, 0.1) is 9.37 Å². The summed E-state index contributed by atoms with van der Waals surface area (Å²) in [5.41, 5.74) is 0. The van der Waals surface area contributed by atoms with Gasteiger partial charge in [-0.05, 0) is 0 Å². The van der Waals surface area contributed by atoms with Crippen molar-refractivity contribution in [3.05, 3.63) is 0 Å². The fourth-order valence-corrected chi connectivity index (χ4v) is 0. The van der Waals surface area contributed by atoms with Crippen molar-refractivity contribution in [2.45, 2.75) is 0 Å². The standard InChI is InChI=1S/C2H4BrF/c3-1-2-4/h1-2H2/i1D2,2D2,4-1. The monoisotopic (exact) mass is 129 g/mol. The van der Waals surface area contributed by atoms with Crippen LogP contribution in [-0.4, -0.2) is 11.9 Å². The van der Waals surface area contributed by atoms with E-state index in [9.17, 15) is 4.39 Å². The van der Waals surface area contributed by atoms with Crippen molar-refractivity contribution in [3.63, 3.8) is 0 Å². The Morgan fingerprint density at radius 3 is 2.50 bits per heavy atom. The van der Waals surface area contributed by atoms with Gasteiger partial charge in [0.15, 0.2) is 0 Å². The lowest BCUT2D eigenvalue weighted by molar-refractivity contribution is 0.535. The zero-order chi connectivity index (χ0) is 7.00. The molecule has 0 N–H and O–H groups in total. The predicted octanol–water partition coefficient (Wildman–Crippen LogP) is 1.35. The Balaban J connectivity index is 4.02. The largest absolute Gasteiger partial charge is 0.250 e. The van der Waals surface area contributed by atoms with Crippen molar-refractivity contribution in [3.8, 4) is 0 Å². The fraction of sp³-hybridized carbons (Fsp3) is 1.00. The fourth-order valence-electron chi connectivity index (χ4n) is 0. The van der Waals surface area contributed by atoms with Crippen LogP contribution >= 0.6 is 15.9 Å². The Kier molecular flexibility index (Phi) is 0.796. The maximum absolute atomic E-state index is 11.8. The zero-order valence-corrected chi connectivity index (χ0v) is 3.34. The van der Waals surface area contributed by atoms with Crippen molar-refractivity contribution < 1.29 is 9.87 Å².